The third kappa shape index (κ3) is 5.02. The van der Waals surface area contributed by atoms with Crippen LogP contribution < -0.4 is 10.1 Å². The fraction of sp³-hybridized carbons (Fsp3) is 0.333. The summed E-state index contributed by atoms with van der Waals surface area (Å²) in [6, 6.07) is 15.8. The first-order chi connectivity index (χ1) is 10.6. The number of aliphatic hydroxyl groups is 1. The Morgan fingerprint density at radius 1 is 1.18 bits per heavy atom. The van der Waals surface area contributed by atoms with Crippen molar-refractivity contribution >= 4 is 11.6 Å². The number of hydrogen-bond donors (Lipinski definition) is 2. The van der Waals surface area contributed by atoms with Gasteiger partial charge in [-0.15, -0.1) is 0 Å². The van der Waals surface area contributed by atoms with Gasteiger partial charge in [-0.1, -0.05) is 41.9 Å². The summed E-state index contributed by atoms with van der Waals surface area (Å²) in [6.07, 6.45) is -0.568. The van der Waals surface area contributed by atoms with E-state index in [0.29, 0.717) is 11.6 Å². The first-order valence-corrected chi connectivity index (χ1v) is 7.79. The Balaban J connectivity index is 1.77. The van der Waals surface area contributed by atoms with Gasteiger partial charge in [-0.2, -0.15) is 0 Å². The molecule has 4 heteroatoms. The molecule has 2 rings (SSSR count). The van der Waals surface area contributed by atoms with Gasteiger partial charge in [-0.3, -0.25) is 0 Å². The van der Waals surface area contributed by atoms with Crippen LogP contribution in [0.1, 0.15) is 24.1 Å². The first-order valence-electron chi connectivity index (χ1n) is 7.41. The number of halogens is 1. The topological polar surface area (TPSA) is 41.5 Å². The largest absolute Gasteiger partial charge is 0.491 e. The molecule has 0 amide bonds. The Kier molecular flexibility index (Phi) is 6.25. The van der Waals surface area contributed by atoms with Gasteiger partial charge in [0.25, 0.3) is 0 Å². The van der Waals surface area contributed by atoms with Crippen molar-refractivity contribution < 1.29 is 9.84 Å². The Morgan fingerprint density at radius 2 is 1.91 bits per heavy atom. The van der Waals surface area contributed by atoms with Gasteiger partial charge in [0.05, 0.1) is 0 Å². The summed E-state index contributed by atoms with van der Waals surface area (Å²) in [6.45, 7) is 4.73. The zero-order valence-corrected chi connectivity index (χ0v) is 13.7. The Labute approximate surface area is 136 Å². The minimum Gasteiger partial charge on any atom is -0.491 e. The van der Waals surface area contributed by atoms with E-state index in [-0.39, 0.29) is 12.6 Å². The van der Waals surface area contributed by atoms with Gasteiger partial charge in [0.2, 0.25) is 0 Å². The van der Waals surface area contributed by atoms with E-state index in [4.69, 9.17) is 16.3 Å². The van der Waals surface area contributed by atoms with E-state index in [1.165, 1.54) is 5.56 Å². The third-order valence-electron chi connectivity index (χ3n) is 3.53. The minimum atomic E-state index is -0.568. The highest BCUT2D eigenvalue weighted by molar-refractivity contribution is 6.30. The summed E-state index contributed by atoms with van der Waals surface area (Å²) < 4.78 is 5.64. The molecule has 0 aromatic heterocycles. The molecule has 0 radical (unpaired) electrons. The van der Waals surface area contributed by atoms with Crippen LogP contribution in [0.5, 0.6) is 5.75 Å². The molecule has 2 unspecified atom stereocenters. The summed E-state index contributed by atoms with van der Waals surface area (Å²) in [5.41, 5.74) is 2.16. The van der Waals surface area contributed by atoms with Gasteiger partial charge in [-0.05, 0) is 43.2 Å². The molecule has 118 valence electrons. The summed E-state index contributed by atoms with van der Waals surface area (Å²) in [7, 11) is 0. The van der Waals surface area contributed by atoms with E-state index in [1.807, 2.05) is 37.3 Å². The highest BCUT2D eigenvalue weighted by atomic mass is 35.5. The summed E-state index contributed by atoms with van der Waals surface area (Å²) in [5.74, 6) is 0.750. The highest BCUT2D eigenvalue weighted by Crippen LogP contribution is 2.21. The second kappa shape index (κ2) is 8.18. The quantitative estimate of drug-likeness (QED) is 0.817. The van der Waals surface area contributed by atoms with Crippen molar-refractivity contribution in [1.82, 2.24) is 5.32 Å². The van der Waals surface area contributed by atoms with Crippen LogP contribution in [0.2, 0.25) is 5.02 Å². The SMILES string of the molecule is Cc1cc(Cl)ccc1OCC(O)CNC(C)c1ccccc1. The predicted molar refractivity (Wildman–Crippen MR) is 90.6 cm³/mol. The lowest BCUT2D eigenvalue weighted by Gasteiger charge is -2.18. The lowest BCUT2D eigenvalue weighted by atomic mass is 10.1. The summed E-state index contributed by atoms with van der Waals surface area (Å²) >= 11 is 5.91. The molecule has 0 heterocycles. The molecule has 2 aromatic rings. The molecule has 0 aliphatic heterocycles. The maximum absolute atomic E-state index is 10.0. The van der Waals surface area contributed by atoms with Crippen LogP contribution in [0.4, 0.5) is 0 Å². The van der Waals surface area contributed by atoms with Gasteiger partial charge in [0.15, 0.2) is 0 Å². The van der Waals surface area contributed by atoms with E-state index in [9.17, 15) is 5.11 Å². The number of hydrogen-bond acceptors (Lipinski definition) is 3. The van der Waals surface area contributed by atoms with E-state index in [2.05, 4.69) is 24.4 Å². The molecule has 2 aromatic carbocycles. The smallest absolute Gasteiger partial charge is 0.122 e. The van der Waals surface area contributed by atoms with Gasteiger partial charge < -0.3 is 15.2 Å². The monoisotopic (exact) mass is 319 g/mol. The van der Waals surface area contributed by atoms with Crippen molar-refractivity contribution in [3.8, 4) is 5.75 Å². The second-order valence-corrected chi connectivity index (χ2v) is 5.85. The van der Waals surface area contributed by atoms with Gasteiger partial charge in [0.1, 0.15) is 18.5 Å². The average molecular weight is 320 g/mol. The molecule has 0 saturated carbocycles. The molecule has 2 atom stereocenters. The van der Waals surface area contributed by atoms with Crippen molar-refractivity contribution in [3.63, 3.8) is 0 Å². The predicted octanol–water partition coefficient (Wildman–Crippen LogP) is 3.74. The zero-order chi connectivity index (χ0) is 15.9. The van der Waals surface area contributed by atoms with Crippen molar-refractivity contribution in [2.75, 3.05) is 13.2 Å². The van der Waals surface area contributed by atoms with E-state index >= 15 is 0 Å². The van der Waals surface area contributed by atoms with Crippen molar-refractivity contribution in [1.29, 1.82) is 0 Å². The van der Waals surface area contributed by atoms with Crippen LogP contribution >= 0.6 is 11.6 Å². The molecule has 0 spiro atoms. The first kappa shape index (κ1) is 16.8. The van der Waals surface area contributed by atoms with Crippen LogP contribution in [-0.4, -0.2) is 24.4 Å². The Hall–Kier alpha value is -1.55. The molecule has 3 nitrogen and oxygen atoms in total. The normalized spacial score (nSPS) is 13.6. The van der Waals surface area contributed by atoms with Gasteiger partial charge >= 0.3 is 0 Å². The standard InChI is InChI=1S/C18H22ClNO2/c1-13-10-16(19)8-9-18(13)22-12-17(21)11-20-14(2)15-6-4-3-5-7-15/h3-10,14,17,20-21H,11-12H2,1-2H3. The Bertz CT molecular complexity index is 589. The molecule has 0 aliphatic rings. The van der Waals surface area contributed by atoms with Crippen LogP contribution in [0.15, 0.2) is 48.5 Å². The van der Waals surface area contributed by atoms with Crippen molar-refractivity contribution in [3.05, 3.63) is 64.7 Å². The van der Waals surface area contributed by atoms with Crippen LogP contribution in [0.25, 0.3) is 0 Å². The van der Waals surface area contributed by atoms with Gasteiger partial charge in [-0.25, -0.2) is 0 Å². The molecular formula is C18H22ClNO2. The Morgan fingerprint density at radius 3 is 2.59 bits per heavy atom. The molecule has 0 aliphatic carbocycles. The summed E-state index contributed by atoms with van der Waals surface area (Å²) in [4.78, 5) is 0. The molecular weight excluding hydrogens is 298 g/mol. The van der Waals surface area contributed by atoms with Crippen molar-refractivity contribution in [2.24, 2.45) is 0 Å². The lowest BCUT2D eigenvalue weighted by molar-refractivity contribution is 0.104. The van der Waals surface area contributed by atoms with E-state index in [1.54, 1.807) is 6.07 Å². The molecule has 0 bridgehead atoms. The lowest BCUT2D eigenvalue weighted by Crippen LogP contribution is -2.33. The third-order valence-corrected chi connectivity index (χ3v) is 3.76. The van der Waals surface area contributed by atoms with Crippen LogP contribution in [0, 0.1) is 6.92 Å². The summed E-state index contributed by atoms with van der Waals surface area (Å²) in [5, 5.41) is 14.0. The minimum absolute atomic E-state index is 0.188. The number of benzene rings is 2. The molecule has 0 saturated heterocycles. The number of aliphatic hydroxyl groups excluding tert-OH is 1. The zero-order valence-electron chi connectivity index (χ0n) is 12.9. The molecule has 22 heavy (non-hydrogen) atoms. The maximum atomic E-state index is 10.0. The van der Waals surface area contributed by atoms with E-state index < -0.39 is 6.10 Å². The van der Waals surface area contributed by atoms with Crippen molar-refractivity contribution in [2.45, 2.75) is 26.0 Å². The number of nitrogens with one attached hydrogen (secondary N) is 1. The maximum Gasteiger partial charge on any atom is 0.122 e. The van der Waals surface area contributed by atoms with Gasteiger partial charge in [0, 0.05) is 17.6 Å². The fourth-order valence-electron chi connectivity index (χ4n) is 2.19. The van der Waals surface area contributed by atoms with E-state index in [0.717, 1.165) is 11.3 Å². The van der Waals surface area contributed by atoms with Crippen LogP contribution in [-0.2, 0) is 0 Å². The number of aryl methyl sites for hydroxylation is 1. The molecule has 2 N–H and O–H groups in total. The number of rotatable bonds is 7. The highest BCUT2D eigenvalue weighted by Gasteiger charge is 2.10. The number of ether oxygens (including phenoxy) is 1. The molecule has 0 fully saturated rings. The fourth-order valence-corrected chi connectivity index (χ4v) is 2.42. The average Bonchev–Trinajstić information content (AvgIpc) is 2.52. The van der Waals surface area contributed by atoms with Crippen LogP contribution in [0.3, 0.4) is 0 Å². The second-order valence-electron chi connectivity index (χ2n) is 5.42.